The van der Waals surface area contributed by atoms with Crippen molar-refractivity contribution in [3.8, 4) is 11.5 Å². The van der Waals surface area contributed by atoms with E-state index in [4.69, 9.17) is 16.3 Å². The Labute approximate surface area is 276 Å². The summed E-state index contributed by atoms with van der Waals surface area (Å²) in [7, 11) is 1.42. The summed E-state index contributed by atoms with van der Waals surface area (Å²) in [5.74, 6) is -5.54. The third-order valence-corrected chi connectivity index (χ3v) is 11.1. The first-order chi connectivity index (χ1) is 21.5. The number of nitrogens with zero attached hydrogens (tertiary/aromatic N) is 2. The van der Waals surface area contributed by atoms with Gasteiger partial charge >= 0.3 is 0 Å². The van der Waals surface area contributed by atoms with Gasteiger partial charge in [0.25, 0.3) is 0 Å². The Hall–Kier alpha value is -3.77. The average molecular weight is 741 g/mol. The fourth-order valence-electron chi connectivity index (χ4n) is 7.98. The summed E-state index contributed by atoms with van der Waals surface area (Å²) in [6, 6.07) is 15.7. The minimum absolute atomic E-state index is 0.0888. The zero-order valence-corrected chi connectivity index (χ0v) is 27.1. The van der Waals surface area contributed by atoms with Gasteiger partial charge in [-0.1, -0.05) is 29.3 Å². The number of methoxy groups -OCH3 is 1. The number of ether oxygens (including phenoxy) is 1. The van der Waals surface area contributed by atoms with E-state index >= 15 is 0 Å². The van der Waals surface area contributed by atoms with Gasteiger partial charge in [-0.05, 0) is 108 Å². The maximum absolute atomic E-state index is 14.5. The van der Waals surface area contributed by atoms with Gasteiger partial charge in [0.1, 0.15) is 5.82 Å². The van der Waals surface area contributed by atoms with E-state index in [-0.39, 0.29) is 40.4 Å². The molecule has 3 aromatic carbocycles. The standard InChI is InChI=1S/C34H27ClFIN2O6/c1-34-23(31(42)39(33(34)44)19-8-11-25(36)24(35)14-19)15-22-20(29(34)16-3-12-26(40)27(13-16)45-2)9-10-21-28(22)32(43)38(30(21)41)18-6-4-17(37)5-7-18/h3-9,11-14,21-23,28-29,40H,10,15H2,1-2H3/t21-,22+,23-,28-,29-,34+/m0/s1. The average Bonchev–Trinajstić information content (AvgIpc) is 3.39. The van der Waals surface area contributed by atoms with Crippen molar-refractivity contribution in [1.82, 2.24) is 0 Å². The summed E-state index contributed by atoms with van der Waals surface area (Å²) >= 11 is 8.23. The molecule has 7 rings (SSSR count). The fourth-order valence-corrected chi connectivity index (χ4v) is 8.52. The molecular formula is C34H27ClFIN2O6. The van der Waals surface area contributed by atoms with Crippen LogP contribution in [-0.2, 0) is 19.2 Å². The largest absolute Gasteiger partial charge is 0.504 e. The van der Waals surface area contributed by atoms with Crippen molar-refractivity contribution < 1.29 is 33.4 Å². The second kappa shape index (κ2) is 10.7. The predicted octanol–water partition coefficient (Wildman–Crippen LogP) is 6.23. The Bertz CT molecular complexity index is 1850. The molecule has 2 aliphatic carbocycles. The van der Waals surface area contributed by atoms with Gasteiger partial charge < -0.3 is 9.84 Å². The highest BCUT2D eigenvalue weighted by Crippen LogP contribution is 2.64. The molecule has 0 bridgehead atoms. The van der Waals surface area contributed by atoms with Gasteiger partial charge in [-0.25, -0.2) is 9.29 Å². The quantitative estimate of drug-likeness (QED) is 0.193. The summed E-state index contributed by atoms with van der Waals surface area (Å²) in [5, 5.41) is 10.2. The van der Waals surface area contributed by atoms with Crippen LogP contribution in [-0.4, -0.2) is 35.8 Å². The minimum Gasteiger partial charge on any atom is -0.504 e. The first-order valence-corrected chi connectivity index (χ1v) is 16.0. The lowest BCUT2D eigenvalue weighted by Crippen LogP contribution is -2.48. The monoisotopic (exact) mass is 740 g/mol. The van der Waals surface area contributed by atoms with E-state index in [9.17, 15) is 28.7 Å². The number of fused-ring (bicyclic) bond motifs is 4. The lowest BCUT2D eigenvalue weighted by molar-refractivity contribution is -0.131. The van der Waals surface area contributed by atoms with Gasteiger partial charge in [0.05, 0.1) is 46.7 Å². The molecule has 3 aromatic rings. The number of anilines is 2. The van der Waals surface area contributed by atoms with Crippen LogP contribution in [0.5, 0.6) is 11.5 Å². The molecule has 1 N–H and O–H groups in total. The number of phenolic OH excluding ortho intramolecular Hbond substituents is 1. The van der Waals surface area contributed by atoms with Crippen molar-refractivity contribution in [2.45, 2.75) is 25.7 Å². The smallest absolute Gasteiger partial charge is 0.241 e. The molecule has 4 aliphatic rings. The lowest BCUT2D eigenvalue weighted by Gasteiger charge is -2.49. The molecular weight excluding hydrogens is 714 g/mol. The van der Waals surface area contributed by atoms with E-state index in [1.54, 1.807) is 31.2 Å². The van der Waals surface area contributed by atoms with E-state index in [0.29, 0.717) is 17.7 Å². The molecule has 8 nitrogen and oxygen atoms in total. The van der Waals surface area contributed by atoms with Crippen LogP contribution in [0.15, 0.2) is 72.3 Å². The number of amides is 4. The maximum atomic E-state index is 14.5. The van der Waals surface area contributed by atoms with Crippen LogP contribution in [0.1, 0.15) is 31.2 Å². The van der Waals surface area contributed by atoms with Gasteiger partial charge in [-0.3, -0.25) is 24.1 Å². The molecule has 0 unspecified atom stereocenters. The Kier molecular flexibility index (Phi) is 7.08. The van der Waals surface area contributed by atoms with Gasteiger partial charge in [0, 0.05) is 9.49 Å². The van der Waals surface area contributed by atoms with Crippen LogP contribution in [0.4, 0.5) is 15.8 Å². The molecule has 3 fully saturated rings. The van der Waals surface area contributed by atoms with Crippen molar-refractivity contribution in [3.05, 3.63) is 92.3 Å². The summed E-state index contributed by atoms with van der Waals surface area (Å²) in [5.41, 5.74) is 0.761. The third-order valence-electron chi connectivity index (χ3n) is 10.1. The first kappa shape index (κ1) is 29.9. The van der Waals surface area contributed by atoms with Crippen LogP contribution in [0.3, 0.4) is 0 Å². The van der Waals surface area contributed by atoms with Crippen LogP contribution in [0, 0.1) is 38.5 Å². The fraction of sp³-hybridized carbons (Fsp3) is 0.294. The number of benzene rings is 3. The molecule has 45 heavy (non-hydrogen) atoms. The number of imide groups is 2. The van der Waals surface area contributed by atoms with Gasteiger partial charge in [0.2, 0.25) is 23.6 Å². The van der Waals surface area contributed by atoms with E-state index in [0.717, 1.165) is 20.1 Å². The number of rotatable bonds is 4. The molecule has 4 amide bonds. The van der Waals surface area contributed by atoms with E-state index in [1.807, 2.05) is 18.2 Å². The predicted molar refractivity (Wildman–Crippen MR) is 172 cm³/mol. The summed E-state index contributed by atoms with van der Waals surface area (Å²) in [6.07, 6.45) is 2.42. The molecule has 0 aromatic heterocycles. The van der Waals surface area contributed by atoms with Crippen molar-refractivity contribution in [3.63, 3.8) is 0 Å². The summed E-state index contributed by atoms with van der Waals surface area (Å²) < 4.78 is 20.5. The minimum atomic E-state index is -1.31. The van der Waals surface area contributed by atoms with Crippen molar-refractivity contribution in [1.29, 1.82) is 0 Å². The zero-order valence-electron chi connectivity index (χ0n) is 24.2. The number of halogens is 3. The lowest BCUT2D eigenvalue weighted by atomic mass is 9.51. The number of carbonyl (C=O) groups is 4. The Morgan fingerprint density at radius 3 is 2.33 bits per heavy atom. The second-order valence-corrected chi connectivity index (χ2v) is 13.8. The Morgan fingerprint density at radius 2 is 1.64 bits per heavy atom. The molecule has 0 spiro atoms. The van der Waals surface area contributed by atoms with Gasteiger partial charge in [-0.15, -0.1) is 0 Å². The van der Waals surface area contributed by atoms with E-state index < -0.39 is 52.6 Å². The van der Waals surface area contributed by atoms with Crippen LogP contribution in [0.2, 0.25) is 5.02 Å². The number of hydrogen-bond acceptors (Lipinski definition) is 6. The molecule has 2 aliphatic heterocycles. The van der Waals surface area contributed by atoms with Crippen molar-refractivity contribution in [2.75, 3.05) is 16.9 Å². The molecule has 230 valence electrons. The van der Waals surface area contributed by atoms with E-state index in [2.05, 4.69) is 22.6 Å². The zero-order chi connectivity index (χ0) is 31.9. The molecule has 0 radical (unpaired) electrons. The van der Waals surface area contributed by atoms with Crippen LogP contribution < -0.4 is 14.5 Å². The van der Waals surface area contributed by atoms with Crippen LogP contribution >= 0.6 is 34.2 Å². The normalized spacial score (nSPS) is 29.0. The van der Waals surface area contributed by atoms with Crippen molar-refractivity contribution >= 4 is 69.2 Å². The maximum Gasteiger partial charge on any atom is 0.241 e. The Morgan fingerprint density at radius 1 is 0.933 bits per heavy atom. The highest BCUT2D eigenvalue weighted by atomic mass is 127. The first-order valence-electron chi connectivity index (χ1n) is 14.5. The number of aromatic hydroxyl groups is 1. The summed E-state index contributed by atoms with van der Waals surface area (Å²) in [6.45, 7) is 1.75. The highest BCUT2D eigenvalue weighted by Gasteiger charge is 2.67. The van der Waals surface area contributed by atoms with Crippen LogP contribution in [0.25, 0.3) is 0 Å². The molecule has 6 atom stereocenters. The number of hydrogen-bond donors (Lipinski definition) is 1. The molecule has 2 heterocycles. The number of phenols is 1. The van der Waals surface area contributed by atoms with E-state index in [1.165, 1.54) is 30.2 Å². The topological polar surface area (TPSA) is 104 Å². The van der Waals surface area contributed by atoms with Crippen molar-refractivity contribution in [2.24, 2.45) is 29.1 Å². The molecule has 2 saturated heterocycles. The molecule has 11 heteroatoms. The number of allylic oxidation sites excluding steroid dienone is 2. The SMILES string of the molecule is COc1cc([C@H]2C3=CC[C@@H]4C(=O)N(c5ccc(I)cc5)C(=O)[C@@H]4[C@@H]3C[C@H]3C(=O)N(c4ccc(F)c(Cl)c4)C(=O)[C@@]23C)ccc1O. The molecule has 1 saturated carbocycles. The Balaban J connectivity index is 1.37. The van der Waals surface area contributed by atoms with Gasteiger partial charge in [-0.2, -0.15) is 0 Å². The van der Waals surface area contributed by atoms with Gasteiger partial charge in [0.15, 0.2) is 11.5 Å². The number of carbonyl (C=O) groups excluding carboxylic acids is 4. The third kappa shape index (κ3) is 4.28. The summed E-state index contributed by atoms with van der Waals surface area (Å²) in [4.78, 5) is 59.0. The highest BCUT2D eigenvalue weighted by molar-refractivity contribution is 14.1. The second-order valence-electron chi connectivity index (χ2n) is 12.2.